The van der Waals surface area contributed by atoms with E-state index in [2.05, 4.69) is 97.1 Å². The third-order valence-electron chi connectivity index (χ3n) is 3.72. The van der Waals surface area contributed by atoms with Crippen molar-refractivity contribution in [3.8, 4) is 0 Å². The van der Waals surface area contributed by atoms with Gasteiger partial charge < -0.3 is 24.8 Å². The van der Waals surface area contributed by atoms with Crippen molar-refractivity contribution in [1.29, 1.82) is 0 Å². The zero-order valence-corrected chi connectivity index (χ0v) is 19.9. The summed E-state index contributed by atoms with van der Waals surface area (Å²) in [6.45, 7) is 0. The molecule has 0 saturated carbocycles. The van der Waals surface area contributed by atoms with Crippen molar-refractivity contribution >= 4 is 23.8 Å². The largest absolute Gasteiger partial charge is 1.00 e. The second kappa shape index (κ2) is 15.4. The van der Waals surface area contributed by atoms with Gasteiger partial charge in [-0.05, 0) is 23.8 Å². The normalized spacial score (nSPS) is 9.03. The van der Waals surface area contributed by atoms with Gasteiger partial charge in [0.1, 0.15) is 0 Å². The number of benzene rings is 4. The van der Waals surface area contributed by atoms with Gasteiger partial charge in [-0.1, -0.05) is 91.0 Å². The Morgan fingerprint density at radius 1 is 0.517 bits per heavy atom. The van der Waals surface area contributed by atoms with Gasteiger partial charge in [-0.2, -0.15) is 18.2 Å². The summed E-state index contributed by atoms with van der Waals surface area (Å²) in [5.41, 5.74) is 0. The van der Waals surface area contributed by atoms with Crippen LogP contribution < -0.4 is 40.7 Å². The molecule has 0 aromatic heterocycles. The predicted molar refractivity (Wildman–Crippen MR) is 110 cm³/mol. The third kappa shape index (κ3) is 8.84. The van der Waals surface area contributed by atoms with Gasteiger partial charge in [0.05, 0.1) is 0 Å². The number of rotatable bonds is 3. The second-order valence-electron chi connectivity index (χ2n) is 5.56. The van der Waals surface area contributed by atoms with Gasteiger partial charge in [-0.25, -0.2) is 4.39 Å². The first-order chi connectivity index (χ1) is 12.8. The fourth-order valence-corrected chi connectivity index (χ4v) is 4.85. The van der Waals surface area contributed by atoms with Crippen LogP contribution in [0.3, 0.4) is 0 Å². The maximum absolute atomic E-state index is 11.9. The van der Waals surface area contributed by atoms with Crippen LogP contribution in [0.2, 0.25) is 0 Å². The minimum atomic E-state index is -0.446. The molecule has 0 aliphatic carbocycles. The van der Waals surface area contributed by atoms with Crippen molar-refractivity contribution in [2.75, 3.05) is 0 Å². The van der Waals surface area contributed by atoms with Crippen molar-refractivity contribution < 1.29 is 51.6 Å². The molecule has 0 aliphatic rings. The molecular formula is C24H19AuCl2FP-3. The van der Waals surface area contributed by atoms with Crippen LogP contribution in [0, 0.1) is 11.9 Å². The van der Waals surface area contributed by atoms with E-state index in [1.54, 1.807) is 0 Å². The van der Waals surface area contributed by atoms with Crippen molar-refractivity contribution in [3.05, 3.63) is 127 Å². The van der Waals surface area contributed by atoms with Gasteiger partial charge >= 0.3 is 0 Å². The Bertz CT molecular complexity index is 801. The van der Waals surface area contributed by atoms with Crippen LogP contribution >= 0.6 is 7.92 Å². The zero-order valence-electron chi connectivity index (χ0n) is 15.4. The molecule has 29 heavy (non-hydrogen) atoms. The molecule has 155 valence electrons. The topological polar surface area (TPSA) is 0 Å². The SMILES string of the molecule is Fc1cc[c-]cc1.[Au].[Cl-].[Cl-].c1ccc(P(c2ccccc2)c2ccccc2)cc1. The van der Waals surface area contributed by atoms with E-state index in [4.69, 9.17) is 0 Å². The Balaban J connectivity index is 0.000000677. The van der Waals surface area contributed by atoms with E-state index in [0.717, 1.165) is 0 Å². The van der Waals surface area contributed by atoms with Crippen LogP contribution in [0.5, 0.6) is 0 Å². The smallest absolute Gasteiger partial charge is 0.0151 e. The number of hydrogen-bond donors (Lipinski definition) is 0. The molecule has 0 spiro atoms. The van der Waals surface area contributed by atoms with Crippen LogP contribution in [0.25, 0.3) is 0 Å². The first kappa shape index (κ1) is 27.6. The molecular weight excluding hydrogens is 606 g/mol. The Morgan fingerprint density at radius 2 is 0.828 bits per heavy atom. The van der Waals surface area contributed by atoms with Crippen LogP contribution in [0.1, 0.15) is 0 Å². The second-order valence-corrected chi connectivity index (χ2v) is 7.78. The maximum atomic E-state index is 11.9. The van der Waals surface area contributed by atoms with Crippen molar-refractivity contribution in [1.82, 2.24) is 0 Å². The Hall–Kier alpha value is -1.44. The van der Waals surface area contributed by atoms with Crippen LogP contribution in [0.15, 0.2) is 115 Å². The van der Waals surface area contributed by atoms with Crippen LogP contribution in [-0.4, -0.2) is 0 Å². The molecule has 0 aliphatic heterocycles. The molecule has 0 amide bonds. The average molecular weight is 625 g/mol. The van der Waals surface area contributed by atoms with Crippen LogP contribution in [0.4, 0.5) is 4.39 Å². The third-order valence-corrected chi connectivity index (χ3v) is 6.16. The number of hydrogen-bond acceptors (Lipinski definition) is 0. The molecule has 0 saturated heterocycles. The minimum absolute atomic E-state index is 0. The summed E-state index contributed by atoms with van der Waals surface area (Å²) in [6, 6.07) is 40.8. The molecule has 1 radical (unpaired) electrons. The van der Waals surface area contributed by atoms with E-state index in [1.165, 1.54) is 40.2 Å². The summed E-state index contributed by atoms with van der Waals surface area (Å²) in [4.78, 5) is 0. The molecule has 4 aromatic rings. The monoisotopic (exact) mass is 624 g/mol. The maximum Gasteiger partial charge on any atom is 0.0151 e. The summed E-state index contributed by atoms with van der Waals surface area (Å²) in [5, 5.41) is 4.19. The van der Waals surface area contributed by atoms with Crippen molar-refractivity contribution in [2.45, 2.75) is 0 Å². The molecule has 0 nitrogen and oxygen atoms in total. The van der Waals surface area contributed by atoms with Gasteiger partial charge in [0, 0.05) is 28.2 Å². The van der Waals surface area contributed by atoms with E-state index in [1.807, 2.05) is 0 Å². The zero-order chi connectivity index (χ0) is 18.0. The fraction of sp³-hybridized carbons (Fsp3) is 0. The Morgan fingerprint density at radius 3 is 1.07 bits per heavy atom. The first-order valence-electron chi connectivity index (χ1n) is 8.41. The molecule has 4 aromatic carbocycles. The van der Waals surface area contributed by atoms with E-state index >= 15 is 0 Å². The molecule has 4 rings (SSSR count). The van der Waals surface area contributed by atoms with E-state index in [0.29, 0.717) is 0 Å². The Kier molecular flexibility index (Phi) is 14.6. The summed E-state index contributed by atoms with van der Waals surface area (Å²) < 4.78 is 11.9. The Labute approximate surface area is 201 Å². The van der Waals surface area contributed by atoms with Gasteiger partial charge in [-0.3, -0.25) is 0 Å². The first-order valence-corrected chi connectivity index (χ1v) is 9.75. The standard InChI is InChI=1S/C18H15P.C6H4F.Au.2ClH/c1-4-10-16(11-5-1)19(17-12-6-2-7-13-17)18-14-8-3-9-15-18;7-6-4-2-1-3-5-6;;;/h1-15H;2-5H;;2*1H/q;-1;;;/p-2. The molecule has 0 fully saturated rings. The van der Waals surface area contributed by atoms with Gasteiger partial charge in [0.25, 0.3) is 0 Å². The van der Waals surface area contributed by atoms with Gasteiger partial charge in [0.15, 0.2) is 0 Å². The fourth-order valence-electron chi connectivity index (χ4n) is 2.54. The van der Waals surface area contributed by atoms with Gasteiger partial charge in [0.2, 0.25) is 0 Å². The molecule has 5 heteroatoms. The summed E-state index contributed by atoms with van der Waals surface area (Å²) in [5.74, 6) is -0.209. The predicted octanol–water partition coefficient (Wildman–Crippen LogP) is -0.924. The minimum Gasteiger partial charge on any atom is -1.00 e. The molecule has 0 heterocycles. The van der Waals surface area contributed by atoms with Gasteiger partial charge in [-0.15, -0.1) is 12.1 Å². The molecule has 0 unspecified atom stereocenters. The van der Waals surface area contributed by atoms with E-state index in [-0.39, 0.29) is 53.0 Å². The quantitative estimate of drug-likeness (QED) is 0.157. The van der Waals surface area contributed by atoms with E-state index in [9.17, 15) is 4.39 Å². The van der Waals surface area contributed by atoms with Crippen molar-refractivity contribution in [2.24, 2.45) is 0 Å². The average Bonchev–Trinajstić information content (AvgIpc) is 2.72. The van der Waals surface area contributed by atoms with E-state index < -0.39 is 7.92 Å². The summed E-state index contributed by atoms with van der Waals surface area (Å²) in [6.07, 6.45) is 0. The van der Waals surface area contributed by atoms with Crippen LogP contribution in [-0.2, 0) is 22.4 Å². The number of halogens is 3. The summed E-state index contributed by atoms with van der Waals surface area (Å²) >= 11 is 0. The summed E-state index contributed by atoms with van der Waals surface area (Å²) in [7, 11) is -0.446. The molecule has 0 atom stereocenters. The van der Waals surface area contributed by atoms with Crippen molar-refractivity contribution in [3.63, 3.8) is 0 Å². The molecule has 0 bridgehead atoms. The molecule has 0 N–H and O–H groups in total.